The standard InChI is InChI=1S/C16H17N5O3S/c1-10-16(21(23)24)11(2)20(18-10)9-15(22)19(3)8-14-17-12-6-4-5-7-13(12)25-14/h4-7H,8-9H2,1-3H3. The third kappa shape index (κ3) is 3.36. The second kappa shape index (κ2) is 6.60. The molecule has 1 amide bonds. The van der Waals surface area contributed by atoms with Gasteiger partial charge in [0.2, 0.25) is 5.91 Å². The molecule has 0 bridgehead atoms. The van der Waals surface area contributed by atoms with Crippen molar-refractivity contribution in [2.24, 2.45) is 0 Å². The molecule has 0 aliphatic rings. The summed E-state index contributed by atoms with van der Waals surface area (Å²) in [6, 6.07) is 7.81. The van der Waals surface area contributed by atoms with E-state index < -0.39 is 4.92 Å². The Hall–Kier alpha value is -2.81. The van der Waals surface area contributed by atoms with Crippen LogP contribution in [0.5, 0.6) is 0 Å². The summed E-state index contributed by atoms with van der Waals surface area (Å²) in [7, 11) is 1.69. The number of aryl methyl sites for hydroxylation is 1. The van der Waals surface area contributed by atoms with Crippen LogP contribution in [0.3, 0.4) is 0 Å². The van der Waals surface area contributed by atoms with Gasteiger partial charge < -0.3 is 4.90 Å². The topological polar surface area (TPSA) is 94.2 Å². The van der Waals surface area contributed by atoms with Gasteiger partial charge >= 0.3 is 5.69 Å². The summed E-state index contributed by atoms with van der Waals surface area (Å²) in [6.45, 7) is 3.51. The molecule has 8 nitrogen and oxygen atoms in total. The highest BCUT2D eigenvalue weighted by atomic mass is 32.1. The van der Waals surface area contributed by atoms with E-state index in [1.54, 1.807) is 37.1 Å². The Bertz CT molecular complexity index is 929. The van der Waals surface area contributed by atoms with Gasteiger partial charge in [0.05, 0.1) is 21.7 Å². The van der Waals surface area contributed by atoms with Crippen molar-refractivity contribution in [2.75, 3.05) is 7.05 Å². The van der Waals surface area contributed by atoms with E-state index >= 15 is 0 Å². The van der Waals surface area contributed by atoms with Gasteiger partial charge in [-0.05, 0) is 26.0 Å². The average molecular weight is 359 g/mol. The fraction of sp³-hybridized carbons (Fsp3) is 0.312. The van der Waals surface area contributed by atoms with E-state index in [4.69, 9.17) is 0 Å². The molecule has 0 saturated carbocycles. The van der Waals surface area contributed by atoms with Crippen LogP contribution in [0.1, 0.15) is 16.4 Å². The molecule has 0 N–H and O–H groups in total. The molecule has 3 rings (SSSR count). The summed E-state index contributed by atoms with van der Waals surface area (Å²) >= 11 is 1.55. The summed E-state index contributed by atoms with van der Waals surface area (Å²) in [4.78, 5) is 29.1. The van der Waals surface area contributed by atoms with Crippen LogP contribution in [0.25, 0.3) is 10.2 Å². The fourth-order valence-electron chi connectivity index (χ4n) is 2.63. The van der Waals surface area contributed by atoms with E-state index in [-0.39, 0.29) is 18.1 Å². The lowest BCUT2D eigenvalue weighted by atomic mass is 10.3. The van der Waals surface area contributed by atoms with Crippen molar-refractivity contribution in [1.82, 2.24) is 19.7 Å². The Morgan fingerprint density at radius 3 is 2.72 bits per heavy atom. The third-order valence-corrected chi connectivity index (χ3v) is 4.97. The lowest BCUT2D eigenvalue weighted by molar-refractivity contribution is -0.386. The Morgan fingerprint density at radius 1 is 1.36 bits per heavy atom. The first kappa shape index (κ1) is 17.0. The minimum absolute atomic E-state index is 0.0398. The van der Waals surface area contributed by atoms with Gasteiger partial charge in [-0.1, -0.05) is 12.1 Å². The first-order valence-corrected chi connectivity index (χ1v) is 8.45. The summed E-state index contributed by atoms with van der Waals surface area (Å²) < 4.78 is 2.46. The van der Waals surface area contributed by atoms with E-state index in [0.29, 0.717) is 17.9 Å². The van der Waals surface area contributed by atoms with Gasteiger partial charge in [0.15, 0.2) is 0 Å². The van der Waals surface area contributed by atoms with E-state index in [2.05, 4.69) is 10.1 Å². The van der Waals surface area contributed by atoms with E-state index in [1.807, 2.05) is 24.3 Å². The van der Waals surface area contributed by atoms with E-state index in [1.165, 1.54) is 4.68 Å². The molecule has 0 spiro atoms. The Kier molecular flexibility index (Phi) is 4.49. The SMILES string of the molecule is Cc1nn(CC(=O)N(C)Cc2nc3ccccc3s2)c(C)c1[N+](=O)[O-]. The lowest BCUT2D eigenvalue weighted by Crippen LogP contribution is -2.30. The minimum atomic E-state index is -0.469. The number of thiazole rings is 1. The van der Waals surface area contributed by atoms with Gasteiger partial charge in [-0.2, -0.15) is 5.10 Å². The molecular formula is C16H17N5O3S. The van der Waals surface area contributed by atoms with Crippen LogP contribution < -0.4 is 0 Å². The molecule has 0 unspecified atom stereocenters. The van der Waals surface area contributed by atoms with Gasteiger partial charge in [-0.25, -0.2) is 4.98 Å². The number of aromatic nitrogens is 3. The Morgan fingerprint density at radius 2 is 2.08 bits per heavy atom. The second-order valence-electron chi connectivity index (χ2n) is 5.76. The second-order valence-corrected chi connectivity index (χ2v) is 6.87. The van der Waals surface area contributed by atoms with Crippen molar-refractivity contribution in [2.45, 2.75) is 26.9 Å². The van der Waals surface area contributed by atoms with Gasteiger partial charge in [0, 0.05) is 7.05 Å². The quantitative estimate of drug-likeness (QED) is 0.516. The summed E-state index contributed by atoms with van der Waals surface area (Å²) in [6.07, 6.45) is 0. The van der Waals surface area contributed by atoms with Crippen LogP contribution in [0, 0.1) is 24.0 Å². The van der Waals surface area contributed by atoms with Crippen LogP contribution in [-0.4, -0.2) is 37.5 Å². The maximum absolute atomic E-state index is 12.4. The van der Waals surface area contributed by atoms with Gasteiger partial charge in [-0.3, -0.25) is 19.6 Å². The molecule has 0 radical (unpaired) electrons. The molecular weight excluding hydrogens is 342 g/mol. The summed E-state index contributed by atoms with van der Waals surface area (Å²) in [5, 5.41) is 16.0. The number of carbonyl (C=O) groups excluding carboxylic acids is 1. The smallest absolute Gasteiger partial charge is 0.312 e. The zero-order valence-electron chi connectivity index (χ0n) is 14.1. The molecule has 0 aliphatic heterocycles. The first-order chi connectivity index (χ1) is 11.9. The predicted molar refractivity (Wildman–Crippen MR) is 94.4 cm³/mol. The zero-order valence-corrected chi connectivity index (χ0v) is 14.9. The Balaban J connectivity index is 1.72. The normalized spacial score (nSPS) is 11.0. The van der Waals surface area contributed by atoms with E-state index in [9.17, 15) is 14.9 Å². The number of amides is 1. The number of rotatable bonds is 5. The number of carbonyl (C=O) groups is 1. The minimum Gasteiger partial charge on any atom is -0.337 e. The van der Waals surface area contributed by atoms with Crippen molar-refractivity contribution in [1.29, 1.82) is 0 Å². The monoisotopic (exact) mass is 359 g/mol. The van der Waals surface area contributed by atoms with Crippen LogP contribution in [0.15, 0.2) is 24.3 Å². The number of hydrogen-bond donors (Lipinski definition) is 0. The number of benzene rings is 1. The van der Waals surface area contributed by atoms with Gasteiger partial charge in [0.25, 0.3) is 0 Å². The molecule has 25 heavy (non-hydrogen) atoms. The number of nitrogens with zero attached hydrogens (tertiary/aromatic N) is 5. The van der Waals surface area contributed by atoms with Crippen molar-refractivity contribution in [3.05, 3.63) is 50.8 Å². The predicted octanol–water partition coefficient (Wildman–Crippen LogP) is 2.68. The van der Waals surface area contributed by atoms with Gasteiger partial charge in [-0.15, -0.1) is 11.3 Å². The van der Waals surface area contributed by atoms with Crippen molar-refractivity contribution in [3.63, 3.8) is 0 Å². The zero-order chi connectivity index (χ0) is 18.1. The molecule has 9 heteroatoms. The molecule has 2 aromatic heterocycles. The van der Waals surface area contributed by atoms with Crippen molar-refractivity contribution in [3.8, 4) is 0 Å². The number of fused-ring (bicyclic) bond motifs is 1. The van der Waals surface area contributed by atoms with Crippen LogP contribution >= 0.6 is 11.3 Å². The van der Waals surface area contributed by atoms with Crippen molar-refractivity contribution < 1.29 is 9.72 Å². The highest BCUT2D eigenvalue weighted by Crippen LogP contribution is 2.23. The molecule has 0 saturated heterocycles. The van der Waals surface area contributed by atoms with Crippen LogP contribution in [0.2, 0.25) is 0 Å². The average Bonchev–Trinajstić information content (AvgIpc) is 3.07. The third-order valence-electron chi connectivity index (χ3n) is 3.95. The van der Waals surface area contributed by atoms with Crippen LogP contribution in [0.4, 0.5) is 5.69 Å². The molecule has 0 atom stereocenters. The van der Waals surface area contributed by atoms with E-state index in [0.717, 1.165) is 15.2 Å². The molecule has 1 aromatic carbocycles. The molecule has 0 aliphatic carbocycles. The first-order valence-electron chi connectivity index (χ1n) is 7.63. The molecule has 130 valence electrons. The van der Waals surface area contributed by atoms with Crippen LogP contribution in [-0.2, 0) is 17.9 Å². The highest BCUT2D eigenvalue weighted by Gasteiger charge is 2.23. The maximum atomic E-state index is 12.4. The number of likely N-dealkylation sites (N-methyl/N-ethyl adjacent to an activating group) is 1. The largest absolute Gasteiger partial charge is 0.337 e. The number of para-hydroxylation sites is 1. The lowest BCUT2D eigenvalue weighted by Gasteiger charge is -2.15. The Labute approximate surface area is 147 Å². The van der Waals surface area contributed by atoms with Gasteiger partial charge in [0.1, 0.15) is 22.9 Å². The molecule has 2 heterocycles. The molecule has 3 aromatic rings. The summed E-state index contributed by atoms with van der Waals surface area (Å²) in [5.41, 5.74) is 1.56. The van der Waals surface area contributed by atoms with Crippen molar-refractivity contribution >= 4 is 33.1 Å². The molecule has 0 fully saturated rings. The number of hydrogen-bond acceptors (Lipinski definition) is 6. The number of nitro groups is 1. The maximum Gasteiger partial charge on any atom is 0.312 e. The summed E-state index contributed by atoms with van der Waals surface area (Å²) in [5.74, 6) is -0.181. The fourth-order valence-corrected chi connectivity index (χ4v) is 3.65. The highest BCUT2D eigenvalue weighted by molar-refractivity contribution is 7.18.